The molecule has 0 aliphatic carbocycles. The Hall–Kier alpha value is -3.07. The molecule has 0 saturated carbocycles. The van der Waals surface area contributed by atoms with E-state index < -0.39 is 23.5 Å². The summed E-state index contributed by atoms with van der Waals surface area (Å²) < 4.78 is 58.9. The number of halogens is 5. The molecule has 2 aromatic carbocycles. The molecule has 0 spiro atoms. The van der Waals surface area contributed by atoms with Gasteiger partial charge in [0, 0.05) is 0 Å². The van der Waals surface area contributed by atoms with Gasteiger partial charge in [-0.2, -0.15) is 18.3 Å². The van der Waals surface area contributed by atoms with E-state index in [0.29, 0.717) is 18.7 Å². The SMILES string of the molecule is CCCOc1cn(-c2ccc(F)cc2)nc1C(=O)Nc1cc(C(F)(F)F)ccc1Cl. The number of amides is 1. The lowest BCUT2D eigenvalue weighted by molar-refractivity contribution is -0.137. The second kappa shape index (κ2) is 8.74. The Morgan fingerprint density at radius 2 is 1.90 bits per heavy atom. The van der Waals surface area contributed by atoms with Crippen molar-refractivity contribution in [2.75, 3.05) is 11.9 Å². The fraction of sp³-hybridized carbons (Fsp3) is 0.200. The molecule has 3 rings (SSSR count). The maximum atomic E-state index is 13.2. The summed E-state index contributed by atoms with van der Waals surface area (Å²) in [6.45, 7) is 2.16. The minimum absolute atomic E-state index is 0.0645. The van der Waals surface area contributed by atoms with Crippen molar-refractivity contribution in [1.29, 1.82) is 0 Å². The Labute approximate surface area is 174 Å². The fourth-order valence-corrected chi connectivity index (χ4v) is 2.70. The molecule has 1 heterocycles. The summed E-state index contributed by atoms with van der Waals surface area (Å²) in [6.07, 6.45) is -2.50. The Morgan fingerprint density at radius 3 is 2.53 bits per heavy atom. The van der Waals surface area contributed by atoms with Gasteiger partial charge < -0.3 is 10.1 Å². The number of ether oxygens (including phenoxy) is 1. The standard InChI is InChI=1S/C20H16ClF4N3O2/c1-2-9-30-17-11-28(14-6-4-13(22)5-7-14)27-18(17)19(29)26-16-10-12(20(23,24)25)3-8-15(16)21/h3-8,10-11H,2,9H2,1H3,(H,26,29). The number of aromatic nitrogens is 2. The first-order valence-corrected chi connectivity index (χ1v) is 9.23. The monoisotopic (exact) mass is 441 g/mol. The van der Waals surface area contributed by atoms with Crippen molar-refractivity contribution in [2.24, 2.45) is 0 Å². The summed E-state index contributed by atoms with van der Waals surface area (Å²) in [5.74, 6) is -1.12. The maximum absolute atomic E-state index is 13.2. The van der Waals surface area contributed by atoms with E-state index in [2.05, 4.69) is 10.4 Å². The summed E-state index contributed by atoms with van der Waals surface area (Å²) in [5.41, 5.74) is -0.856. The van der Waals surface area contributed by atoms with Gasteiger partial charge in [-0.25, -0.2) is 9.07 Å². The van der Waals surface area contributed by atoms with Gasteiger partial charge in [0.2, 0.25) is 0 Å². The van der Waals surface area contributed by atoms with E-state index in [1.165, 1.54) is 35.1 Å². The molecule has 0 unspecified atom stereocenters. The summed E-state index contributed by atoms with van der Waals surface area (Å²) in [5, 5.41) is 6.43. The number of anilines is 1. The van der Waals surface area contributed by atoms with Crippen LogP contribution >= 0.6 is 11.6 Å². The van der Waals surface area contributed by atoms with Gasteiger partial charge in [0.25, 0.3) is 5.91 Å². The molecule has 0 atom stereocenters. The first-order chi connectivity index (χ1) is 14.2. The molecule has 30 heavy (non-hydrogen) atoms. The fourth-order valence-electron chi connectivity index (χ4n) is 2.54. The minimum Gasteiger partial charge on any atom is -0.489 e. The highest BCUT2D eigenvalue weighted by Crippen LogP contribution is 2.34. The van der Waals surface area contributed by atoms with Gasteiger partial charge in [0.1, 0.15) is 5.82 Å². The molecular formula is C20H16ClF4N3O2. The second-order valence-electron chi connectivity index (χ2n) is 6.26. The number of benzene rings is 2. The van der Waals surface area contributed by atoms with Crippen LogP contribution in [0.1, 0.15) is 29.4 Å². The van der Waals surface area contributed by atoms with Crippen LogP contribution in [0.2, 0.25) is 5.02 Å². The number of hydrogen-bond acceptors (Lipinski definition) is 3. The molecule has 1 amide bonds. The topological polar surface area (TPSA) is 56.2 Å². The van der Waals surface area contributed by atoms with Crippen LogP contribution in [0.5, 0.6) is 5.75 Å². The molecule has 10 heteroatoms. The number of nitrogens with one attached hydrogen (secondary N) is 1. The zero-order chi connectivity index (χ0) is 21.9. The van der Waals surface area contributed by atoms with E-state index in [0.717, 1.165) is 18.2 Å². The number of carbonyl (C=O) groups excluding carboxylic acids is 1. The molecule has 0 aliphatic rings. The number of carbonyl (C=O) groups is 1. The third kappa shape index (κ3) is 4.91. The third-order valence-electron chi connectivity index (χ3n) is 3.99. The van der Waals surface area contributed by atoms with Crippen molar-refractivity contribution in [3.63, 3.8) is 0 Å². The van der Waals surface area contributed by atoms with Crippen LogP contribution in [0.25, 0.3) is 5.69 Å². The van der Waals surface area contributed by atoms with Gasteiger partial charge in [-0.15, -0.1) is 0 Å². The van der Waals surface area contributed by atoms with Crippen molar-refractivity contribution in [1.82, 2.24) is 9.78 Å². The molecule has 0 aliphatic heterocycles. The molecule has 3 aromatic rings. The number of alkyl halides is 3. The lowest BCUT2D eigenvalue weighted by atomic mass is 10.2. The molecule has 0 saturated heterocycles. The van der Waals surface area contributed by atoms with Gasteiger partial charge in [-0.05, 0) is 48.9 Å². The Bertz CT molecular complexity index is 1050. The van der Waals surface area contributed by atoms with E-state index in [-0.39, 0.29) is 22.2 Å². The van der Waals surface area contributed by atoms with Gasteiger partial charge in [-0.3, -0.25) is 4.79 Å². The molecular weight excluding hydrogens is 426 g/mol. The molecule has 1 aromatic heterocycles. The summed E-state index contributed by atoms with van der Waals surface area (Å²) in [4.78, 5) is 12.7. The maximum Gasteiger partial charge on any atom is 0.416 e. The lowest BCUT2D eigenvalue weighted by Crippen LogP contribution is -2.16. The van der Waals surface area contributed by atoms with E-state index in [1.54, 1.807) is 0 Å². The highest BCUT2D eigenvalue weighted by molar-refractivity contribution is 6.34. The van der Waals surface area contributed by atoms with E-state index in [1.807, 2.05) is 6.92 Å². The lowest BCUT2D eigenvalue weighted by Gasteiger charge is -2.11. The summed E-state index contributed by atoms with van der Waals surface area (Å²) in [7, 11) is 0. The van der Waals surface area contributed by atoms with Crippen molar-refractivity contribution < 1.29 is 27.1 Å². The molecule has 0 bridgehead atoms. The van der Waals surface area contributed by atoms with Crippen LogP contribution < -0.4 is 10.1 Å². The highest BCUT2D eigenvalue weighted by atomic mass is 35.5. The van der Waals surface area contributed by atoms with Crippen LogP contribution in [0.3, 0.4) is 0 Å². The number of hydrogen-bond donors (Lipinski definition) is 1. The van der Waals surface area contributed by atoms with Crippen molar-refractivity contribution >= 4 is 23.2 Å². The molecule has 0 fully saturated rings. The molecule has 158 valence electrons. The largest absolute Gasteiger partial charge is 0.489 e. The first kappa shape index (κ1) is 21.6. The van der Waals surface area contributed by atoms with Crippen molar-refractivity contribution in [3.8, 4) is 11.4 Å². The Morgan fingerprint density at radius 1 is 1.20 bits per heavy atom. The number of rotatable bonds is 6. The van der Waals surface area contributed by atoms with Crippen molar-refractivity contribution in [3.05, 3.63) is 70.8 Å². The average Bonchev–Trinajstić information content (AvgIpc) is 3.12. The molecule has 5 nitrogen and oxygen atoms in total. The predicted octanol–water partition coefficient (Wildman–Crippen LogP) is 5.72. The van der Waals surface area contributed by atoms with Crippen LogP contribution in [-0.2, 0) is 6.18 Å². The van der Waals surface area contributed by atoms with Gasteiger partial charge in [0.05, 0.1) is 34.8 Å². The Kier molecular flexibility index (Phi) is 6.31. The predicted molar refractivity (Wildman–Crippen MR) is 104 cm³/mol. The van der Waals surface area contributed by atoms with Gasteiger partial charge in [-0.1, -0.05) is 18.5 Å². The average molecular weight is 442 g/mol. The van der Waals surface area contributed by atoms with Crippen LogP contribution in [0.4, 0.5) is 23.2 Å². The van der Waals surface area contributed by atoms with E-state index >= 15 is 0 Å². The molecule has 1 N–H and O–H groups in total. The zero-order valence-electron chi connectivity index (χ0n) is 15.6. The van der Waals surface area contributed by atoms with Gasteiger partial charge in [0.15, 0.2) is 11.4 Å². The highest BCUT2D eigenvalue weighted by Gasteiger charge is 2.31. The first-order valence-electron chi connectivity index (χ1n) is 8.85. The smallest absolute Gasteiger partial charge is 0.416 e. The van der Waals surface area contributed by atoms with Crippen LogP contribution in [0.15, 0.2) is 48.7 Å². The second-order valence-corrected chi connectivity index (χ2v) is 6.67. The zero-order valence-corrected chi connectivity index (χ0v) is 16.4. The third-order valence-corrected chi connectivity index (χ3v) is 4.32. The van der Waals surface area contributed by atoms with Crippen LogP contribution in [0, 0.1) is 5.82 Å². The van der Waals surface area contributed by atoms with E-state index in [4.69, 9.17) is 16.3 Å². The van der Waals surface area contributed by atoms with E-state index in [9.17, 15) is 22.4 Å². The Balaban J connectivity index is 1.94. The minimum atomic E-state index is -4.59. The number of nitrogens with zero attached hydrogens (tertiary/aromatic N) is 2. The summed E-state index contributed by atoms with van der Waals surface area (Å²) in [6, 6.07) is 7.97. The normalized spacial score (nSPS) is 11.4. The molecule has 0 radical (unpaired) electrons. The quantitative estimate of drug-likeness (QED) is 0.497. The van der Waals surface area contributed by atoms with Gasteiger partial charge >= 0.3 is 6.18 Å². The summed E-state index contributed by atoms with van der Waals surface area (Å²) >= 11 is 5.94. The van der Waals surface area contributed by atoms with Crippen molar-refractivity contribution in [2.45, 2.75) is 19.5 Å². The van der Waals surface area contributed by atoms with Crippen LogP contribution in [-0.4, -0.2) is 22.3 Å².